The van der Waals surface area contributed by atoms with Crippen molar-refractivity contribution in [3.63, 3.8) is 0 Å². The van der Waals surface area contributed by atoms with Gasteiger partial charge in [-0.1, -0.05) is 0 Å². The molecule has 0 unspecified atom stereocenters. The summed E-state index contributed by atoms with van der Waals surface area (Å²) < 4.78 is 0. The molecule has 2 N–H and O–H groups in total. The van der Waals surface area contributed by atoms with E-state index >= 15 is 0 Å². The van der Waals surface area contributed by atoms with Gasteiger partial charge in [-0.05, 0) is 0 Å². The Hall–Kier alpha value is 0.270. The molecule has 0 saturated carbocycles. The van der Waals surface area contributed by atoms with Gasteiger partial charge in [-0.2, -0.15) is 11.8 Å². The molecule has 1 saturated heterocycles. The number of hydrogen-bond donors (Lipinski definition) is 2. The molecule has 0 atom stereocenters. The first kappa shape index (κ1) is 7.38. The van der Waals surface area contributed by atoms with E-state index in [1.54, 1.807) is 4.90 Å². The lowest BCUT2D eigenvalue weighted by atomic mass is 10.5. The minimum absolute atomic E-state index is 0.347. The first-order valence-corrected chi connectivity index (χ1v) is 4.61. The Labute approximate surface area is 60.2 Å². The lowest BCUT2D eigenvalue weighted by Crippen LogP contribution is -3.14. The van der Waals surface area contributed by atoms with Crippen LogP contribution in [-0.2, 0) is 0 Å². The van der Waals surface area contributed by atoms with Crippen LogP contribution in [0.4, 0.5) is 0 Å². The molecule has 0 aromatic carbocycles. The van der Waals surface area contributed by atoms with E-state index in [1.807, 2.05) is 11.8 Å². The number of aliphatic hydroxyl groups excluding tert-OH is 1. The summed E-state index contributed by atoms with van der Waals surface area (Å²) in [5.74, 6) is 2.55. The highest BCUT2D eigenvalue weighted by Crippen LogP contribution is 1.96. The average Bonchev–Trinajstić information content (AvgIpc) is 1.91. The summed E-state index contributed by atoms with van der Waals surface area (Å²) in [5.41, 5.74) is 0. The van der Waals surface area contributed by atoms with E-state index in [0.717, 1.165) is 6.54 Å². The first-order chi connectivity index (χ1) is 4.43. The highest BCUT2D eigenvalue weighted by Gasteiger charge is 2.11. The van der Waals surface area contributed by atoms with Gasteiger partial charge < -0.3 is 10.0 Å². The van der Waals surface area contributed by atoms with Crippen molar-refractivity contribution in [3.8, 4) is 0 Å². The second kappa shape index (κ2) is 4.14. The number of thioether (sulfide) groups is 1. The molecule has 0 aliphatic carbocycles. The summed E-state index contributed by atoms with van der Waals surface area (Å²) in [6, 6.07) is 0. The van der Waals surface area contributed by atoms with Crippen molar-refractivity contribution < 1.29 is 10.0 Å². The Morgan fingerprint density at radius 2 is 2.00 bits per heavy atom. The molecule has 9 heavy (non-hydrogen) atoms. The topological polar surface area (TPSA) is 24.7 Å². The maximum atomic E-state index is 8.59. The quantitative estimate of drug-likeness (QED) is 0.504. The average molecular weight is 148 g/mol. The van der Waals surface area contributed by atoms with Crippen LogP contribution < -0.4 is 4.90 Å². The van der Waals surface area contributed by atoms with Crippen LogP contribution >= 0.6 is 11.8 Å². The van der Waals surface area contributed by atoms with Gasteiger partial charge in [0, 0.05) is 11.5 Å². The molecule has 0 spiro atoms. The smallest absolute Gasteiger partial charge is 0.101 e. The molecular formula is C6H14NOS+. The maximum absolute atomic E-state index is 8.59. The Kier molecular flexibility index (Phi) is 3.40. The zero-order chi connectivity index (χ0) is 6.53. The van der Waals surface area contributed by atoms with E-state index < -0.39 is 0 Å². The van der Waals surface area contributed by atoms with Gasteiger partial charge in [0.25, 0.3) is 0 Å². The lowest BCUT2D eigenvalue weighted by molar-refractivity contribution is -0.896. The fourth-order valence-corrected chi connectivity index (χ4v) is 2.14. The zero-order valence-electron chi connectivity index (χ0n) is 5.60. The Bertz CT molecular complexity index is 70.7. The predicted molar refractivity (Wildman–Crippen MR) is 40.0 cm³/mol. The predicted octanol–water partition coefficient (Wildman–Crippen LogP) is -1.39. The van der Waals surface area contributed by atoms with Crippen molar-refractivity contribution in [2.24, 2.45) is 0 Å². The van der Waals surface area contributed by atoms with Crippen molar-refractivity contribution in [3.05, 3.63) is 0 Å². The van der Waals surface area contributed by atoms with E-state index in [9.17, 15) is 0 Å². The monoisotopic (exact) mass is 148 g/mol. The van der Waals surface area contributed by atoms with E-state index in [-0.39, 0.29) is 0 Å². The third kappa shape index (κ3) is 2.56. The highest BCUT2D eigenvalue weighted by atomic mass is 32.2. The number of hydrogen-bond acceptors (Lipinski definition) is 2. The fraction of sp³-hybridized carbons (Fsp3) is 1.00. The van der Waals surface area contributed by atoms with Crippen molar-refractivity contribution >= 4 is 11.8 Å². The number of rotatable bonds is 2. The van der Waals surface area contributed by atoms with Gasteiger partial charge in [0.2, 0.25) is 0 Å². The molecule has 0 radical (unpaired) electrons. The summed E-state index contributed by atoms with van der Waals surface area (Å²) in [5, 5.41) is 8.59. The third-order valence-electron chi connectivity index (χ3n) is 1.67. The largest absolute Gasteiger partial charge is 0.391 e. The van der Waals surface area contributed by atoms with Gasteiger partial charge in [-0.3, -0.25) is 0 Å². The summed E-state index contributed by atoms with van der Waals surface area (Å²) in [6.45, 7) is 3.77. The standard InChI is InChI=1S/C6H13NOS/c8-4-1-7-2-5-9-6-3-7/h8H,1-6H2/p+1. The van der Waals surface area contributed by atoms with Crippen LogP contribution in [0.25, 0.3) is 0 Å². The fourth-order valence-electron chi connectivity index (χ4n) is 1.07. The van der Waals surface area contributed by atoms with Crippen LogP contribution in [0.1, 0.15) is 0 Å². The van der Waals surface area contributed by atoms with E-state index in [0.29, 0.717) is 6.61 Å². The Morgan fingerprint density at radius 3 is 2.56 bits per heavy atom. The van der Waals surface area contributed by atoms with Crippen LogP contribution in [0.5, 0.6) is 0 Å². The van der Waals surface area contributed by atoms with Gasteiger partial charge in [-0.15, -0.1) is 0 Å². The van der Waals surface area contributed by atoms with E-state index in [4.69, 9.17) is 5.11 Å². The Balaban J connectivity index is 2.08. The van der Waals surface area contributed by atoms with Crippen LogP contribution in [-0.4, -0.2) is 42.9 Å². The summed E-state index contributed by atoms with van der Waals surface area (Å²) in [7, 11) is 0. The Morgan fingerprint density at radius 1 is 1.33 bits per heavy atom. The van der Waals surface area contributed by atoms with Gasteiger partial charge >= 0.3 is 0 Å². The molecule has 0 bridgehead atoms. The molecule has 1 fully saturated rings. The van der Waals surface area contributed by atoms with Gasteiger partial charge in [0.15, 0.2) is 0 Å². The van der Waals surface area contributed by atoms with Crippen molar-refractivity contribution in [1.82, 2.24) is 0 Å². The SMILES string of the molecule is OCC[NH+]1CCSCC1. The molecule has 3 heteroatoms. The second-order valence-corrected chi connectivity index (χ2v) is 3.56. The van der Waals surface area contributed by atoms with E-state index in [2.05, 4.69) is 0 Å². The molecule has 1 aliphatic heterocycles. The third-order valence-corrected chi connectivity index (χ3v) is 2.65. The van der Waals surface area contributed by atoms with Crippen LogP contribution in [0, 0.1) is 0 Å². The molecule has 1 heterocycles. The number of aliphatic hydroxyl groups is 1. The normalized spacial score (nSPS) is 22.3. The minimum atomic E-state index is 0.347. The lowest BCUT2D eigenvalue weighted by Gasteiger charge is -2.21. The number of quaternary nitrogens is 1. The van der Waals surface area contributed by atoms with Crippen molar-refractivity contribution in [2.45, 2.75) is 0 Å². The molecule has 0 aromatic heterocycles. The zero-order valence-corrected chi connectivity index (χ0v) is 6.41. The molecule has 54 valence electrons. The van der Waals surface area contributed by atoms with Gasteiger partial charge in [0.05, 0.1) is 19.7 Å². The summed E-state index contributed by atoms with van der Waals surface area (Å²) in [6.07, 6.45) is 0. The highest BCUT2D eigenvalue weighted by molar-refractivity contribution is 7.99. The molecule has 0 aromatic rings. The minimum Gasteiger partial charge on any atom is -0.391 e. The van der Waals surface area contributed by atoms with Gasteiger partial charge in [-0.25, -0.2) is 0 Å². The summed E-state index contributed by atoms with van der Waals surface area (Å²) in [4.78, 5) is 1.57. The maximum Gasteiger partial charge on any atom is 0.101 e. The molecular weight excluding hydrogens is 134 g/mol. The van der Waals surface area contributed by atoms with Crippen LogP contribution in [0.15, 0.2) is 0 Å². The molecule has 1 rings (SSSR count). The van der Waals surface area contributed by atoms with Crippen molar-refractivity contribution in [1.29, 1.82) is 0 Å². The van der Waals surface area contributed by atoms with Crippen molar-refractivity contribution in [2.75, 3.05) is 37.7 Å². The first-order valence-electron chi connectivity index (χ1n) is 3.45. The molecule has 2 nitrogen and oxygen atoms in total. The summed E-state index contributed by atoms with van der Waals surface area (Å²) >= 11 is 2.02. The second-order valence-electron chi connectivity index (χ2n) is 2.34. The van der Waals surface area contributed by atoms with Crippen LogP contribution in [0.2, 0.25) is 0 Å². The van der Waals surface area contributed by atoms with Crippen LogP contribution in [0.3, 0.4) is 0 Å². The van der Waals surface area contributed by atoms with Gasteiger partial charge in [0.1, 0.15) is 6.54 Å². The van der Waals surface area contributed by atoms with E-state index in [1.165, 1.54) is 24.6 Å². The number of nitrogens with one attached hydrogen (secondary N) is 1. The molecule has 0 amide bonds. The molecule has 1 aliphatic rings.